The zero-order chi connectivity index (χ0) is 22.8. The molecule has 166 valence electrons. The predicted molar refractivity (Wildman–Crippen MR) is 106 cm³/mol. The third-order valence-electron chi connectivity index (χ3n) is 4.01. The summed E-state index contributed by atoms with van der Waals surface area (Å²) in [7, 11) is 0. The maximum absolute atomic E-state index is 12.8. The Morgan fingerprint density at radius 3 is 2.27 bits per heavy atom. The van der Waals surface area contributed by atoms with Crippen molar-refractivity contribution in [1.82, 2.24) is 10.2 Å². The molecule has 0 spiro atoms. The summed E-state index contributed by atoms with van der Waals surface area (Å²) in [5.41, 5.74) is 0.199. The van der Waals surface area contributed by atoms with Gasteiger partial charge in [-0.1, -0.05) is 26.0 Å². The molecule has 2 atom stereocenters. The first kappa shape index (κ1) is 24.8. The van der Waals surface area contributed by atoms with E-state index in [1.54, 1.807) is 6.92 Å². The average molecular weight is 425 g/mol. The van der Waals surface area contributed by atoms with Gasteiger partial charge in [-0.15, -0.1) is 0 Å². The molecule has 0 saturated heterocycles. The quantitative estimate of drug-likeness (QED) is 0.274. The normalized spacial score (nSPS) is 12.7. The average Bonchev–Trinajstić information content (AvgIpc) is 2.66. The lowest BCUT2D eigenvalue weighted by Gasteiger charge is -2.29. The Hall–Kier alpha value is -3.21. The highest BCUT2D eigenvalue weighted by atomic mass is 16.6. The van der Waals surface area contributed by atoms with Gasteiger partial charge in [0.05, 0.1) is 30.5 Å². The second-order valence-corrected chi connectivity index (χ2v) is 7.02. The molecule has 1 aromatic carbocycles. The number of nitro benzene ring substituents is 1. The number of esters is 1. The van der Waals surface area contributed by atoms with E-state index in [4.69, 9.17) is 4.74 Å². The number of non-ortho nitro benzene ring substituents is 1. The standard InChI is InChI=1S/C19H27N3O8/c1-4-30-18(26)16(23)11-21(10-12(2)3)19(27)20-15(9-17(24)25)13-5-7-14(8-6-13)22(28)29/h5-8,12,15-16,23H,4,9-11H2,1-3H3,(H,20,27)(H,24,25). The molecule has 2 unspecified atom stereocenters. The van der Waals surface area contributed by atoms with Gasteiger partial charge < -0.3 is 25.2 Å². The number of hydrogen-bond acceptors (Lipinski definition) is 7. The van der Waals surface area contributed by atoms with Gasteiger partial charge in [-0.2, -0.15) is 0 Å². The number of aliphatic hydroxyl groups is 1. The van der Waals surface area contributed by atoms with Crippen LogP contribution in [0.3, 0.4) is 0 Å². The van der Waals surface area contributed by atoms with E-state index in [1.807, 2.05) is 13.8 Å². The second-order valence-electron chi connectivity index (χ2n) is 7.02. The minimum absolute atomic E-state index is 0.00226. The number of nitro groups is 1. The largest absolute Gasteiger partial charge is 0.481 e. The smallest absolute Gasteiger partial charge is 0.336 e. The SMILES string of the molecule is CCOC(=O)C(O)CN(CC(C)C)C(=O)NC(CC(=O)O)c1ccc([N+](=O)[O-])cc1. The molecule has 0 aliphatic carbocycles. The van der Waals surface area contributed by atoms with Crippen molar-refractivity contribution < 1.29 is 34.3 Å². The fraction of sp³-hybridized carbons (Fsp3) is 0.526. The highest BCUT2D eigenvalue weighted by Crippen LogP contribution is 2.21. The first-order valence-electron chi connectivity index (χ1n) is 9.41. The number of carbonyl (C=O) groups is 3. The molecule has 0 aromatic heterocycles. The highest BCUT2D eigenvalue weighted by molar-refractivity contribution is 5.79. The number of benzene rings is 1. The Balaban J connectivity index is 3.02. The van der Waals surface area contributed by atoms with Crippen molar-refractivity contribution >= 4 is 23.7 Å². The van der Waals surface area contributed by atoms with Gasteiger partial charge in [-0.3, -0.25) is 14.9 Å². The van der Waals surface area contributed by atoms with E-state index in [0.29, 0.717) is 5.56 Å². The Morgan fingerprint density at radius 1 is 1.20 bits per heavy atom. The zero-order valence-electron chi connectivity index (χ0n) is 17.1. The van der Waals surface area contributed by atoms with Gasteiger partial charge >= 0.3 is 18.0 Å². The molecule has 11 heteroatoms. The van der Waals surface area contributed by atoms with E-state index in [0.717, 1.165) is 0 Å². The van der Waals surface area contributed by atoms with Crippen LogP contribution in [0.15, 0.2) is 24.3 Å². The van der Waals surface area contributed by atoms with E-state index in [-0.39, 0.29) is 31.3 Å². The molecule has 0 radical (unpaired) electrons. The first-order chi connectivity index (χ1) is 14.0. The Bertz CT molecular complexity index is 751. The number of ether oxygens (including phenoxy) is 1. The van der Waals surface area contributed by atoms with Crippen LogP contribution in [-0.4, -0.2) is 63.8 Å². The third-order valence-corrected chi connectivity index (χ3v) is 4.01. The summed E-state index contributed by atoms with van der Waals surface area (Å²) < 4.78 is 4.74. The summed E-state index contributed by atoms with van der Waals surface area (Å²) in [5, 5.41) is 32.6. The third kappa shape index (κ3) is 8.03. The summed E-state index contributed by atoms with van der Waals surface area (Å²) in [6.45, 7) is 5.20. The van der Waals surface area contributed by atoms with E-state index >= 15 is 0 Å². The molecular formula is C19H27N3O8. The summed E-state index contributed by atoms with van der Waals surface area (Å²) in [6.07, 6.45) is -2.01. The molecule has 1 aromatic rings. The Morgan fingerprint density at radius 2 is 1.80 bits per heavy atom. The van der Waals surface area contributed by atoms with Crippen LogP contribution < -0.4 is 5.32 Å². The van der Waals surface area contributed by atoms with E-state index in [9.17, 15) is 34.7 Å². The maximum Gasteiger partial charge on any atom is 0.336 e. The lowest BCUT2D eigenvalue weighted by atomic mass is 10.0. The molecule has 3 N–H and O–H groups in total. The molecule has 0 saturated carbocycles. The number of carbonyl (C=O) groups excluding carboxylic acids is 2. The second kappa shape index (κ2) is 11.7. The zero-order valence-corrected chi connectivity index (χ0v) is 17.1. The summed E-state index contributed by atoms with van der Waals surface area (Å²) >= 11 is 0. The van der Waals surface area contributed by atoms with Crippen molar-refractivity contribution in [1.29, 1.82) is 0 Å². The lowest BCUT2D eigenvalue weighted by Crippen LogP contribution is -2.48. The molecule has 0 aliphatic rings. The summed E-state index contributed by atoms with van der Waals surface area (Å²) in [5.74, 6) is -2.04. The number of amides is 2. The first-order valence-corrected chi connectivity index (χ1v) is 9.41. The van der Waals surface area contributed by atoms with Gasteiger partial charge in [0.25, 0.3) is 5.69 Å². The predicted octanol–water partition coefficient (Wildman–Crippen LogP) is 1.70. The number of rotatable bonds is 11. The van der Waals surface area contributed by atoms with Crippen molar-refractivity contribution in [2.75, 3.05) is 19.7 Å². The van der Waals surface area contributed by atoms with Crippen LogP contribution in [0.5, 0.6) is 0 Å². The molecule has 0 fully saturated rings. The molecule has 30 heavy (non-hydrogen) atoms. The number of carboxylic acid groups (broad SMARTS) is 1. The molecule has 0 bridgehead atoms. The monoisotopic (exact) mass is 425 g/mol. The van der Waals surface area contributed by atoms with Gasteiger partial charge in [0.2, 0.25) is 0 Å². The minimum atomic E-state index is -1.55. The molecule has 0 aliphatic heterocycles. The number of nitrogens with zero attached hydrogens (tertiary/aromatic N) is 2. The molecule has 2 amide bonds. The number of aliphatic hydroxyl groups excluding tert-OH is 1. The Labute approximate surface area is 173 Å². The number of carboxylic acids is 1. The fourth-order valence-electron chi connectivity index (χ4n) is 2.70. The maximum atomic E-state index is 12.8. The van der Waals surface area contributed by atoms with Crippen LogP contribution in [0.1, 0.15) is 38.8 Å². The van der Waals surface area contributed by atoms with Crippen molar-refractivity contribution in [2.45, 2.75) is 39.3 Å². The van der Waals surface area contributed by atoms with Crippen molar-refractivity contribution in [2.24, 2.45) is 5.92 Å². The molecule has 1 rings (SSSR count). The van der Waals surface area contributed by atoms with Crippen molar-refractivity contribution in [3.05, 3.63) is 39.9 Å². The van der Waals surface area contributed by atoms with E-state index in [2.05, 4.69) is 5.32 Å². The minimum Gasteiger partial charge on any atom is -0.481 e. The van der Waals surface area contributed by atoms with E-state index in [1.165, 1.54) is 29.2 Å². The van der Waals surface area contributed by atoms with Crippen LogP contribution in [0.4, 0.5) is 10.5 Å². The van der Waals surface area contributed by atoms with E-state index < -0.39 is 41.5 Å². The number of hydrogen-bond donors (Lipinski definition) is 3. The number of aliphatic carboxylic acids is 1. The van der Waals surface area contributed by atoms with Gasteiger partial charge in [0.15, 0.2) is 6.10 Å². The fourth-order valence-corrected chi connectivity index (χ4v) is 2.70. The van der Waals surface area contributed by atoms with Crippen molar-refractivity contribution in [3.8, 4) is 0 Å². The Kier molecular flexibility index (Phi) is 9.69. The van der Waals surface area contributed by atoms with Crippen LogP contribution in [0.25, 0.3) is 0 Å². The van der Waals surface area contributed by atoms with Gasteiger partial charge in [-0.25, -0.2) is 9.59 Å². The summed E-state index contributed by atoms with van der Waals surface area (Å²) in [6, 6.07) is 3.51. The summed E-state index contributed by atoms with van der Waals surface area (Å²) in [4.78, 5) is 47.2. The number of nitrogens with one attached hydrogen (secondary N) is 1. The van der Waals surface area contributed by atoms with Gasteiger partial charge in [0, 0.05) is 18.7 Å². The van der Waals surface area contributed by atoms with Crippen LogP contribution in [0, 0.1) is 16.0 Å². The molecular weight excluding hydrogens is 398 g/mol. The lowest BCUT2D eigenvalue weighted by molar-refractivity contribution is -0.384. The van der Waals surface area contributed by atoms with Crippen LogP contribution in [-0.2, 0) is 14.3 Å². The van der Waals surface area contributed by atoms with Gasteiger partial charge in [-0.05, 0) is 18.4 Å². The van der Waals surface area contributed by atoms with Crippen LogP contribution in [0.2, 0.25) is 0 Å². The molecule has 0 heterocycles. The molecule has 11 nitrogen and oxygen atoms in total. The van der Waals surface area contributed by atoms with Crippen molar-refractivity contribution in [3.63, 3.8) is 0 Å². The highest BCUT2D eigenvalue weighted by Gasteiger charge is 2.27. The number of urea groups is 1. The van der Waals surface area contributed by atoms with Crippen LogP contribution >= 0.6 is 0 Å². The topological polar surface area (TPSA) is 159 Å². The van der Waals surface area contributed by atoms with Gasteiger partial charge in [0.1, 0.15) is 0 Å².